The SMILES string of the molecule is Cc1nn(Cc2c(C(=O)N[C@@H](C)[C@H]3C[C@H]4CC[C@H]3C4)noc2C)c(C)c1[N+](=O)[O-]. The topological polar surface area (TPSA) is 116 Å². The molecule has 0 radical (unpaired) electrons. The summed E-state index contributed by atoms with van der Waals surface area (Å²) in [6.45, 7) is 7.25. The highest BCUT2D eigenvalue weighted by Crippen LogP contribution is 2.49. The van der Waals surface area contributed by atoms with Gasteiger partial charge in [-0.15, -0.1) is 0 Å². The molecule has 2 heterocycles. The molecule has 2 aromatic heterocycles. The number of amides is 1. The fourth-order valence-electron chi connectivity index (χ4n) is 5.30. The molecule has 9 nitrogen and oxygen atoms in total. The van der Waals surface area contributed by atoms with Crippen LogP contribution in [0.3, 0.4) is 0 Å². The molecule has 2 bridgehead atoms. The van der Waals surface area contributed by atoms with Crippen molar-refractivity contribution in [3.05, 3.63) is 38.5 Å². The van der Waals surface area contributed by atoms with Crippen molar-refractivity contribution in [3.63, 3.8) is 0 Å². The summed E-state index contributed by atoms with van der Waals surface area (Å²) in [6.07, 6.45) is 5.06. The Morgan fingerprint density at radius 2 is 2.10 bits per heavy atom. The Morgan fingerprint density at radius 1 is 1.34 bits per heavy atom. The number of aryl methyl sites for hydroxylation is 2. The van der Waals surface area contributed by atoms with Crippen LogP contribution < -0.4 is 5.32 Å². The monoisotopic (exact) mass is 401 g/mol. The first-order chi connectivity index (χ1) is 13.8. The van der Waals surface area contributed by atoms with E-state index >= 15 is 0 Å². The van der Waals surface area contributed by atoms with E-state index in [1.165, 1.54) is 30.4 Å². The van der Waals surface area contributed by atoms with Crippen LogP contribution in [0.25, 0.3) is 0 Å². The van der Waals surface area contributed by atoms with Crippen molar-refractivity contribution in [2.24, 2.45) is 17.8 Å². The summed E-state index contributed by atoms with van der Waals surface area (Å²) in [4.78, 5) is 23.8. The molecule has 0 unspecified atom stereocenters. The van der Waals surface area contributed by atoms with E-state index in [4.69, 9.17) is 4.52 Å². The van der Waals surface area contributed by atoms with Gasteiger partial charge in [-0.3, -0.25) is 19.6 Å². The van der Waals surface area contributed by atoms with E-state index in [0.717, 1.165) is 5.92 Å². The van der Waals surface area contributed by atoms with Crippen molar-refractivity contribution < 1.29 is 14.2 Å². The van der Waals surface area contributed by atoms with E-state index in [9.17, 15) is 14.9 Å². The lowest BCUT2D eigenvalue weighted by atomic mass is 9.84. The van der Waals surface area contributed by atoms with Crippen molar-refractivity contribution in [1.82, 2.24) is 20.3 Å². The van der Waals surface area contributed by atoms with Gasteiger partial charge in [0.25, 0.3) is 5.91 Å². The first-order valence-corrected chi connectivity index (χ1v) is 10.2. The van der Waals surface area contributed by atoms with Crippen molar-refractivity contribution in [1.29, 1.82) is 0 Å². The van der Waals surface area contributed by atoms with Gasteiger partial charge < -0.3 is 9.84 Å². The summed E-state index contributed by atoms with van der Waals surface area (Å²) >= 11 is 0. The Kier molecular flexibility index (Phi) is 4.92. The Labute approximate surface area is 169 Å². The number of fused-ring (bicyclic) bond motifs is 2. The van der Waals surface area contributed by atoms with Gasteiger partial charge in [0.2, 0.25) is 0 Å². The molecule has 29 heavy (non-hydrogen) atoms. The molecule has 0 spiro atoms. The molecule has 0 aromatic carbocycles. The second-order valence-electron chi connectivity index (χ2n) is 8.60. The number of carbonyl (C=O) groups is 1. The molecule has 0 saturated heterocycles. The predicted octanol–water partition coefficient (Wildman–Crippen LogP) is 3.31. The molecule has 4 atom stereocenters. The molecular formula is C20H27N5O4. The highest BCUT2D eigenvalue weighted by atomic mass is 16.6. The smallest absolute Gasteiger partial charge is 0.312 e. The number of hydrogen-bond donors (Lipinski definition) is 1. The molecule has 2 saturated carbocycles. The Morgan fingerprint density at radius 3 is 2.69 bits per heavy atom. The Balaban J connectivity index is 1.52. The van der Waals surface area contributed by atoms with Gasteiger partial charge in [0, 0.05) is 11.6 Å². The second kappa shape index (κ2) is 7.27. The minimum absolute atomic E-state index is 0.00461. The third-order valence-electron chi connectivity index (χ3n) is 6.83. The van der Waals surface area contributed by atoms with Gasteiger partial charge in [-0.2, -0.15) is 5.10 Å². The molecule has 9 heteroatoms. The van der Waals surface area contributed by atoms with Gasteiger partial charge in [0.1, 0.15) is 17.1 Å². The highest BCUT2D eigenvalue weighted by Gasteiger charge is 2.42. The number of hydrogen-bond acceptors (Lipinski definition) is 6. The van der Waals surface area contributed by atoms with E-state index in [2.05, 4.69) is 22.5 Å². The largest absolute Gasteiger partial charge is 0.361 e. The lowest BCUT2D eigenvalue weighted by Gasteiger charge is -2.28. The maximum atomic E-state index is 12.9. The molecule has 0 aliphatic heterocycles. The number of aromatic nitrogens is 3. The minimum Gasteiger partial charge on any atom is -0.361 e. The van der Waals surface area contributed by atoms with Crippen molar-refractivity contribution in [2.45, 2.75) is 66.0 Å². The van der Waals surface area contributed by atoms with Crippen LogP contribution in [0.5, 0.6) is 0 Å². The molecular weight excluding hydrogens is 374 g/mol. The van der Waals surface area contributed by atoms with Crippen LogP contribution in [0.4, 0.5) is 5.69 Å². The van der Waals surface area contributed by atoms with Crippen LogP contribution in [-0.4, -0.2) is 31.8 Å². The van der Waals surface area contributed by atoms with Crippen LogP contribution in [0.2, 0.25) is 0 Å². The van der Waals surface area contributed by atoms with E-state index in [1.54, 1.807) is 20.8 Å². The summed E-state index contributed by atoms with van der Waals surface area (Å²) in [6, 6.07) is 0.0810. The van der Waals surface area contributed by atoms with Gasteiger partial charge in [-0.1, -0.05) is 11.6 Å². The summed E-state index contributed by atoms with van der Waals surface area (Å²) in [5.74, 6) is 2.30. The molecule has 156 valence electrons. The number of carbonyl (C=O) groups excluding carboxylic acids is 1. The zero-order valence-electron chi connectivity index (χ0n) is 17.3. The number of nitro groups is 1. The van der Waals surface area contributed by atoms with Gasteiger partial charge in [-0.05, 0) is 64.7 Å². The fourth-order valence-corrected chi connectivity index (χ4v) is 5.30. The Bertz CT molecular complexity index is 962. The average molecular weight is 401 g/mol. The normalized spacial score (nSPS) is 24.1. The lowest BCUT2D eigenvalue weighted by molar-refractivity contribution is -0.386. The van der Waals surface area contributed by atoms with E-state index in [1.807, 2.05) is 0 Å². The molecule has 2 aliphatic carbocycles. The molecule has 4 rings (SSSR count). The Hall–Kier alpha value is -2.71. The molecule has 2 aromatic rings. The molecule has 1 amide bonds. The predicted molar refractivity (Wildman–Crippen MR) is 105 cm³/mol. The standard InChI is InChI=1S/C20H27N5O4/c1-10(16-8-14-5-6-15(16)7-14)21-20(26)18-17(13(4)29-23-18)9-24-12(3)19(25(27)28)11(2)22-24/h10,14-16H,5-9H2,1-4H3,(H,21,26)/t10-,14-,15-,16+/m0/s1. The summed E-state index contributed by atoms with van der Waals surface area (Å²) < 4.78 is 6.81. The van der Waals surface area contributed by atoms with Crippen molar-refractivity contribution in [2.75, 3.05) is 0 Å². The van der Waals surface area contributed by atoms with E-state index < -0.39 is 4.92 Å². The van der Waals surface area contributed by atoms with Crippen molar-refractivity contribution >= 4 is 11.6 Å². The number of rotatable bonds is 6. The van der Waals surface area contributed by atoms with Crippen LogP contribution >= 0.6 is 0 Å². The number of nitrogens with zero attached hydrogens (tertiary/aromatic N) is 4. The highest BCUT2D eigenvalue weighted by molar-refractivity contribution is 5.94. The minimum atomic E-state index is -0.431. The van der Waals surface area contributed by atoms with Gasteiger partial charge in [0.05, 0.1) is 11.5 Å². The second-order valence-corrected chi connectivity index (χ2v) is 8.60. The van der Waals surface area contributed by atoms with Gasteiger partial charge in [-0.25, -0.2) is 0 Å². The summed E-state index contributed by atoms with van der Waals surface area (Å²) in [7, 11) is 0. The molecule has 2 aliphatic rings. The molecule has 1 N–H and O–H groups in total. The maximum Gasteiger partial charge on any atom is 0.312 e. The fraction of sp³-hybridized carbons (Fsp3) is 0.650. The van der Waals surface area contributed by atoms with Gasteiger partial charge >= 0.3 is 5.69 Å². The van der Waals surface area contributed by atoms with Crippen molar-refractivity contribution in [3.8, 4) is 0 Å². The first-order valence-electron chi connectivity index (χ1n) is 10.2. The van der Waals surface area contributed by atoms with Crippen LogP contribution in [-0.2, 0) is 6.54 Å². The lowest BCUT2D eigenvalue weighted by Crippen LogP contribution is -2.40. The average Bonchev–Trinajstić information content (AvgIpc) is 3.41. The summed E-state index contributed by atoms with van der Waals surface area (Å²) in [5, 5.41) is 22.6. The van der Waals surface area contributed by atoms with Crippen LogP contribution in [0, 0.1) is 48.6 Å². The third kappa shape index (κ3) is 3.42. The third-order valence-corrected chi connectivity index (χ3v) is 6.83. The van der Waals surface area contributed by atoms with E-state index in [-0.39, 0.29) is 29.9 Å². The number of nitrogens with one attached hydrogen (secondary N) is 1. The van der Waals surface area contributed by atoms with Gasteiger partial charge in [0.15, 0.2) is 5.69 Å². The zero-order valence-corrected chi connectivity index (χ0v) is 17.3. The van der Waals surface area contributed by atoms with E-state index in [0.29, 0.717) is 34.5 Å². The maximum absolute atomic E-state index is 12.9. The molecule has 2 fully saturated rings. The van der Waals surface area contributed by atoms with Crippen LogP contribution in [0.1, 0.15) is 65.8 Å². The first kappa shape index (κ1) is 19.6. The zero-order chi connectivity index (χ0) is 20.9. The van der Waals surface area contributed by atoms with Crippen LogP contribution in [0.15, 0.2) is 4.52 Å². The quantitative estimate of drug-likeness (QED) is 0.586. The summed E-state index contributed by atoms with van der Waals surface area (Å²) in [5.41, 5.74) is 1.61.